The number of hydrogen-bond donors (Lipinski definition) is 0. The fourth-order valence-corrected chi connectivity index (χ4v) is 11.2. The summed E-state index contributed by atoms with van der Waals surface area (Å²) in [5, 5.41) is 2.00. The molecule has 9 aromatic carbocycles. The summed E-state index contributed by atoms with van der Waals surface area (Å²) in [7, 11) is 0. The lowest BCUT2D eigenvalue weighted by molar-refractivity contribution is 1.17. The number of nitrogens with zero attached hydrogens (tertiary/aromatic N) is 6. The molecule has 0 saturated heterocycles. The Balaban J connectivity index is 0.790. The van der Waals surface area contributed by atoms with Crippen molar-refractivity contribution in [1.82, 2.24) is 9.97 Å². The number of fused-ring (bicyclic) bond motifs is 6. The van der Waals surface area contributed by atoms with E-state index in [1.807, 2.05) is 0 Å². The molecule has 0 spiro atoms. The van der Waals surface area contributed by atoms with Crippen LogP contribution in [0.3, 0.4) is 0 Å². The Labute approximate surface area is 378 Å². The number of anilines is 12. The van der Waals surface area contributed by atoms with Gasteiger partial charge in [0.05, 0.1) is 65.9 Å². The summed E-state index contributed by atoms with van der Waals surface area (Å²) in [6.45, 7) is 0. The van der Waals surface area contributed by atoms with Gasteiger partial charge in [-0.1, -0.05) is 84.9 Å². The summed E-state index contributed by atoms with van der Waals surface area (Å²) in [5.41, 5.74) is 17.8. The molecule has 0 saturated carbocycles. The number of benzene rings is 9. The number of rotatable bonds is 6. The molecule has 302 valence electrons. The van der Waals surface area contributed by atoms with Crippen LogP contribution in [0.1, 0.15) is 0 Å². The number of thiazole rings is 2. The second-order valence-corrected chi connectivity index (χ2v) is 17.9. The molecule has 4 heterocycles. The van der Waals surface area contributed by atoms with Gasteiger partial charge in [0.1, 0.15) is 10.0 Å². The molecule has 2 aliphatic rings. The van der Waals surface area contributed by atoms with Gasteiger partial charge in [-0.25, -0.2) is 9.97 Å². The van der Waals surface area contributed by atoms with Gasteiger partial charge in [0.15, 0.2) is 0 Å². The van der Waals surface area contributed by atoms with Gasteiger partial charge in [-0.05, 0) is 133 Å². The third-order valence-electron chi connectivity index (χ3n) is 12.1. The number of aromatic nitrogens is 2. The standard InChI is InChI=1S/C56H36N6S2/c1-3-15-39(16-4-1)59-45-19-7-11-23-49(45)61(50-24-12-8-20-46(50)59)41-31-27-37(28-32-41)55-57-43-35-54-44(36-53(43)63-55)58-56(64-54)38-29-33-42(34-30-38)62-51-25-13-9-21-47(51)60(40-17-5-2-6-18-40)48-22-10-14-26-52(48)62/h1-36H. The molecule has 11 aromatic rings. The Bertz CT molecular complexity index is 3150. The van der Waals surface area contributed by atoms with Crippen molar-refractivity contribution in [2.24, 2.45) is 0 Å². The van der Waals surface area contributed by atoms with Gasteiger partial charge < -0.3 is 19.6 Å². The van der Waals surface area contributed by atoms with Gasteiger partial charge in [-0.3, -0.25) is 0 Å². The zero-order chi connectivity index (χ0) is 42.1. The Morgan fingerprint density at radius 1 is 0.266 bits per heavy atom. The third kappa shape index (κ3) is 5.91. The van der Waals surface area contributed by atoms with Gasteiger partial charge in [-0.2, -0.15) is 0 Å². The van der Waals surface area contributed by atoms with E-state index in [-0.39, 0.29) is 0 Å². The monoisotopic (exact) mass is 856 g/mol. The molecular formula is C56H36N6S2. The van der Waals surface area contributed by atoms with Gasteiger partial charge in [0, 0.05) is 33.9 Å². The van der Waals surface area contributed by atoms with E-state index < -0.39 is 0 Å². The lowest BCUT2D eigenvalue weighted by atomic mass is 10.0. The maximum atomic E-state index is 5.17. The maximum Gasteiger partial charge on any atom is 0.124 e. The van der Waals surface area contributed by atoms with Crippen molar-refractivity contribution >= 4 is 111 Å². The maximum absolute atomic E-state index is 5.17. The summed E-state index contributed by atoms with van der Waals surface area (Å²) in [6.07, 6.45) is 0. The highest BCUT2D eigenvalue weighted by molar-refractivity contribution is 7.23. The molecule has 0 N–H and O–H groups in total. The van der Waals surface area contributed by atoms with E-state index >= 15 is 0 Å². The van der Waals surface area contributed by atoms with Crippen LogP contribution in [0.25, 0.3) is 41.6 Å². The van der Waals surface area contributed by atoms with Crippen LogP contribution in [0.5, 0.6) is 0 Å². The lowest BCUT2D eigenvalue weighted by Crippen LogP contribution is -2.23. The summed E-state index contributed by atoms with van der Waals surface area (Å²) < 4.78 is 2.26. The van der Waals surface area contributed by atoms with Crippen LogP contribution in [-0.2, 0) is 0 Å². The van der Waals surface area contributed by atoms with Crippen LogP contribution >= 0.6 is 22.7 Å². The van der Waals surface area contributed by atoms with E-state index in [4.69, 9.17) is 9.97 Å². The third-order valence-corrected chi connectivity index (χ3v) is 14.3. The van der Waals surface area contributed by atoms with Crippen LogP contribution in [0, 0.1) is 0 Å². The first kappa shape index (κ1) is 36.6. The van der Waals surface area contributed by atoms with Crippen molar-refractivity contribution in [2.75, 3.05) is 19.6 Å². The van der Waals surface area contributed by atoms with Crippen LogP contribution < -0.4 is 19.6 Å². The fourth-order valence-electron chi connectivity index (χ4n) is 9.26. The predicted octanol–water partition coefficient (Wildman–Crippen LogP) is 16.7. The SMILES string of the molecule is c1ccc(N2c3ccccc3N(c3ccc(-c4nc5cc6sc(-c7ccc(N8c9ccccc9N(c9ccccc9)c9ccccc98)cc7)nc6cc5s4)cc3)c3ccccc32)cc1. The number of para-hydroxylation sites is 10. The van der Waals surface area contributed by atoms with Crippen LogP contribution in [0.2, 0.25) is 0 Å². The highest BCUT2D eigenvalue weighted by Crippen LogP contribution is 2.56. The van der Waals surface area contributed by atoms with E-state index in [2.05, 4.69) is 238 Å². The Morgan fingerprint density at radius 2 is 0.516 bits per heavy atom. The van der Waals surface area contributed by atoms with E-state index in [1.165, 1.54) is 0 Å². The lowest BCUT2D eigenvalue weighted by Gasteiger charge is -2.40. The highest BCUT2D eigenvalue weighted by atomic mass is 32.1. The van der Waals surface area contributed by atoms with E-state index in [0.29, 0.717) is 0 Å². The van der Waals surface area contributed by atoms with Crippen molar-refractivity contribution in [2.45, 2.75) is 0 Å². The van der Waals surface area contributed by atoms with Crippen LogP contribution in [-0.4, -0.2) is 9.97 Å². The molecule has 6 nitrogen and oxygen atoms in total. The minimum atomic E-state index is 0.994. The zero-order valence-electron chi connectivity index (χ0n) is 34.3. The van der Waals surface area contributed by atoms with E-state index in [9.17, 15) is 0 Å². The molecule has 0 aliphatic carbocycles. The Kier molecular flexibility index (Phi) is 8.47. The van der Waals surface area contributed by atoms with E-state index in [0.717, 1.165) is 110 Å². The van der Waals surface area contributed by atoms with Crippen molar-refractivity contribution in [1.29, 1.82) is 0 Å². The van der Waals surface area contributed by atoms with Crippen molar-refractivity contribution in [3.8, 4) is 21.1 Å². The first-order valence-electron chi connectivity index (χ1n) is 21.3. The second kappa shape index (κ2) is 14.8. The molecular weight excluding hydrogens is 821 g/mol. The minimum Gasteiger partial charge on any atom is -0.306 e. The quantitative estimate of drug-likeness (QED) is 0.166. The average Bonchev–Trinajstić information content (AvgIpc) is 3.98. The van der Waals surface area contributed by atoms with Crippen LogP contribution in [0.15, 0.2) is 218 Å². The first-order valence-corrected chi connectivity index (χ1v) is 23.0. The summed E-state index contributed by atoms with van der Waals surface area (Å²) in [4.78, 5) is 19.8. The normalized spacial score (nSPS) is 12.9. The topological polar surface area (TPSA) is 38.7 Å². The molecule has 64 heavy (non-hydrogen) atoms. The van der Waals surface area contributed by atoms with Crippen molar-refractivity contribution in [3.05, 3.63) is 218 Å². The van der Waals surface area contributed by atoms with Gasteiger partial charge in [0.2, 0.25) is 0 Å². The molecule has 13 rings (SSSR count). The molecule has 0 atom stereocenters. The van der Waals surface area contributed by atoms with Gasteiger partial charge in [0.25, 0.3) is 0 Å². The molecule has 2 aliphatic heterocycles. The molecule has 2 aromatic heterocycles. The Hall–Kier alpha value is -8.04. The summed E-state index contributed by atoms with van der Waals surface area (Å²) in [6, 6.07) is 77.8. The molecule has 8 heteroatoms. The molecule has 0 radical (unpaired) electrons. The van der Waals surface area contributed by atoms with Gasteiger partial charge >= 0.3 is 0 Å². The number of hydrogen-bond acceptors (Lipinski definition) is 8. The smallest absolute Gasteiger partial charge is 0.124 e. The van der Waals surface area contributed by atoms with Crippen molar-refractivity contribution < 1.29 is 0 Å². The summed E-state index contributed by atoms with van der Waals surface area (Å²) >= 11 is 3.43. The minimum absolute atomic E-state index is 0.994. The molecule has 0 unspecified atom stereocenters. The average molecular weight is 857 g/mol. The molecule has 0 fully saturated rings. The summed E-state index contributed by atoms with van der Waals surface area (Å²) in [5.74, 6) is 0. The second-order valence-electron chi connectivity index (χ2n) is 15.9. The van der Waals surface area contributed by atoms with Crippen molar-refractivity contribution in [3.63, 3.8) is 0 Å². The zero-order valence-corrected chi connectivity index (χ0v) is 35.9. The van der Waals surface area contributed by atoms with Gasteiger partial charge in [-0.15, -0.1) is 22.7 Å². The molecule has 0 amide bonds. The van der Waals surface area contributed by atoms with Crippen LogP contribution in [0.4, 0.5) is 68.2 Å². The predicted molar refractivity (Wildman–Crippen MR) is 270 cm³/mol. The molecule has 0 bridgehead atoms. The Morgan fingerprint density at radius 3 is 0.797 bits per heavy atom. The fraction of sp³-hybridized carbons (Fsp3) is 0. The van der Waals surface area contributed by atoms with E-state index in [1.54, 1.807) is 22.7 Å². The highest BCUT2D eigenvalue weighted by Gasteiger charge is 2.31. The first-order chi connectivity index (χ1) is 31.7. The largest absolute Gasteiger partial charge is 0.306 e.